The fourth-order valence-corrected chi connectivity index (χ4v) is 3.99. The first-order valence-electron chi connectivity index (χ1n) is 9.18. The van der Waals surface area contributed by atoms with Crippen LogP contribution in [-0.2, 0) is 12.4 Å². The first-order chi connectivity index (χ1) is 14.0. The van der Waals surface area contributed by atoms with Crippen LogP contribution in [-0.4, -0.2) is 16.9 Å². The molecular formula is C20H17ClF6N2O. The van der Waals surface area contributed by atoms with Crippen LogP contribution >= 0.6 is 11.6 Å². The molecule has 0 bridgehead atoms. The van der Waals surface area contributed by atoms with Gasteiger partial charge < -0.3 is 5.32 Å². The van der Waals surface area contributed by atoms with E-state index >= 15 is 0 Å². The van der Waals surface area contributed by atoms with Gasteiger partial charge in [-0.3, -0.25) is 9.78 Å². The van der Waals surface area contributed by atoms with Crippen LogP contribution in [0.1, 0.15) is 58.8 Å². The SMILES string of the molecule is O=C(NC1CCCCC1c1ncc(C(F)(F)F)cc1Cl)c1ccccc1C(F)(F)F. The molecule has 2 atom stereocenters. The summed E-state index contributed by atoms with van der Waals surface area (Å²) < 4.78 is 78.2. The van der Waals surface area contributed by atoms with Gasteiger partial charge in [0.05, 0.1) is 27.4 Å². The topological polar surface area (TPSA) is 42.0 Å². The summed E-state index contributed by atoms with van der Waals surface area (Å²) in [6.45, 7) is 0. The number of nitrogens with one attached hydrogen (secondary N) is 1. The lowest BCUT2D eigenvalue weighted by Crippen LogP contribution is -2.42. The monoisotopic (exact) mass is 450 g/mol. The second kappa shape index (κ2) is 8.45. The minimum atomic E-state index is -4.70. The number of benzene rings is 1. The van der Waals surface area contributed by atoms with Gasteiger partial charge in [0.2, 0.25) is 0 Å². The zero-order valence-electron chi connectivity index (χ0n) is 15.4. The summed E-state index contributed by atoms with van der Waals surface area (Å²) in [7, 11) is 0. The summed E-state index contributed by atoms with van der Waals surface area (Å²) >= 11 is 6.05. The Morgan fingerprint density at radius 3 is 2.33 bits per heavy atom. The average Bonchev–Trinajstić information content (AvgIpc) is 2.67. The molecule has 1 aliphatic rings. The van der Waals surface area contributed by atoms with E-state index in [4.69, 9.17) is 11.6 Å². The van der Waals surface area contributed by atoms with E-state index in [1.54, 1.807) is 0 Å². The predicted molar refractivity (Wildman–Crippen MR) is 98.2 cm³/mol. The van der Waals surface area contributed by atoms with Gasteiger partial charge in [0.1, 0.15) is 0 Å². The average molecular weight is 451 g/mol. The van der Waals surface area contributed by atoms with Crippen LogP contribution in [0.15, 0.2) is 36.5 Å². The van der Waals surface area contributed by atoms with Crippen molar-refractivity contribution >= 4 is 17.5 Å². The lowest BCUT2D eigenvalue weighted by atomic mass is 9.81. The molecule has 3 nitrogen and oxygen atoms in total. The molecule has 1 N–H and O–H groups in total. The summed E-state index contributed by atoms with van der Waals surface area (Å²) in [5.41, 5.74) is -2.37. The van der Waals surface area contributed by atoms with E-state index in [9.17, 15) is 31.1 Å². The number of hydrogen-bond acceptors (Lipinski definition) is 2. The van der Waals surface area contributed by atoms with Crippen LogP contribution in [0.4, 0.5) is 26.3 Å². The van der Waals surface area contributed by atoms with Gasteiger partial charge in [0.15, 0.2) is 0 Å². The third-order valence-electron chi connectivity index (χ3n) is 5.11. The van der Waals surface area contributed by atoms with Crippen molar-refractivity contribution in [2.24, 2.45) is 0 Å². The fourth-order valence-electron chi connectivity index (χ4n) is 3.68. The first-order valence-corrected chi connectivity index (χ1v) is 9.56. The highest BCUT2D eigenvalue weighted by Gasteiger charge is 2.37. The van der Waals surface area contributed by atoms with E-state index in [0.29, 0.717) is 25.5 Å². The highest BCUT2D eigenvalue weighted by molar-refractivity contribution is 6.31. The van der Waals surface area contributed by atoms with E-state index in [1.165, 1.54) is 12.1 Å². The molecule has 1 amide bonds. The molecule has 1 aromatic carbocycles. The molecular weight excluding hydrogens is 434 g/mol. The molecule has 1 heterocycles. The van der Waals surface area contributed by atoms with E-state index in [-0.39, 0.29) is 10.7 Å². The smallest absolute Gasteiger partial charge is 0.349 e. The Morgan fingerprint density at radius 2 is 1.70 bits per heavy atom. The van der Waals surface area contributed by atoms with Gasteiger partial charge in [-0.05, 0) is 31.0 Å². The molecule has 30 heavy (non-hydrogen) atoms. The fraction of sp³-hybridized carbons (Fsp3) is 0.400. The second-order valence-corrected chi connectivity index (χ2v) is 7.51. The maximum absolute atomic E-state index is 13.2. The van der Waals surface area contributed by atoms with Crippen LogP contribution in [0.2, 0.25) is 5.02 Å². The van der Waals surface area contributed by atoms with Gasteiger partial charge >= 0.3 is 12.4 Å². The van der Waals surface area contributed by atoms with Gasteiger partial charge in [-0.15, -0.1) is 0 Å². The van der Waals surface area contributed by atoms with E-state index in [2.05, 4.69) is 10.3 Å². The molecule has 0 spiro atoms. The lowest BCUT2D eigenvalue weighted by molar-refractivity contribution is -0.138. The molecule has 0 radical (unpaired) electrons. The molecule has 2 unspecified atom stereocenters. The molecule has 162 valence electrons. The number of pyridine rings is 1. The number of rotatable bonds is 3. The summed E-state index contributed by atoms with van der Waals surface area (Å²) in [6.07, 6.45) is -6.24. The molecule has 1 aliphatic carbocycles. The quantitative estimate of drug-likeness (QED) is 0.563. The van der Waals surface area contributed by atoms with Gasteiger partial charge in [-0.25, -0.2) is 0 Å². The summed E-state index contributed by atoms with van der Waals surface area (Å²) in [4.78, 5) is 16.5. The minimum Gasteiger partial charge on any atom is -0.349 e. The van der Waals surface area contributed by atoms with Crippen LogP contribution < -0.4 is 5.32 Å². The first kappa shape index (κ1) is 22.4. The van der Waals surface area contributed by atoms with E-state index < -0.39 is 46.9 Å². The Balaban J connectivity index is 1.87. The van der Waals surface area contributed by atoms with E-state index in [0.717, 1.165) is 24.6 Å². The van der Waals surface area contributed by atoms with Crippen molar-refractivity contribution in [3.63, 3.8) is 0 Å². The Hall–Kier alpha value is -2.29. The third-order valence-corrected chi connectivity index (χ3v) is 5.41. The highest BCUT2D eigenvalue weighted by Crippen LogP contribution is 2.38. The molecule has 3 rings (SSSR count). The minimum absolute atomic E-state index is 0.188. The molecule has 2 aromatic rings. The normalized spacial score (nSPS) is 20.1. The van der Waals surface area contributed by atoms with Crippen molar-refractivity contribution in [1.29, 1.82) is 0 Å². The number of amides is 1. The van der Waals surface area contributed by atoms with Crippen molar-refractivity contribution in [1.82, 2.24) is 10.3 Å². The van der Waals surface area contributed by atoms with Gasteiger partial charge in [-0.2, -0.15) is 26.3 Å². The number of hydrogen-bond donors (Lipinski definition) is 1. The van der Waals surface area contributed by atoms with Gasteiger partial charge in [0, 0.05) is 18.2 Å². The van der Waals surface area contributed by atoms with Gasteiger partial charge in [0.25, 0.3) is 5.91 Å². The largest absolute Gasteiger partial charge is 0.417 e. The van der Waals surface area contributed by atoms with Crippen molar-refractivity contribution in [2.75, 3.05) is 0 Å². The second-order valence-electron chi connectivity index (χ2n) is 7.10. The number of nitrogens with zero attached hydrogens (tertiary/aromatic N) is 1. The molecule has 0 aliphatic heterocycles. The number of aromatic nitrogens is 1. The summed E-state index contributed by atoms with van der Waals surface area (Å²) in [5.74, 6) is -1.40. The van der Waals surface area contributed by atoms with Crippen molar-refractivity contribution < 1.29 is 31.1 Å². The Labute approximate surface area is 173 Å². The zero-order valence-corrected chi connectivity index (χ0v) is 16.2. The summed E-state index contributed by atoms with van der Waals surface area (Å²) in [6, 6.07) is 4.59. The third kappa shape index (κ3) is 4.88. The van der Waals surface area contributed by atoms with Gasteiger partial charge in [-0.1, -0.05) is 36.6 Å². The number of carbonyl (C=O) groups is 1. The number of carbonyl (C=O) groups excluding carboxylic acids is 1. The van der Waals surface area contributed by atoms with Crippen LogP contribution in [0.3, 0.4) is 0 Å². The van der Waals surface area contributed by atoms with Crippen LogP contribution in [0, 0.1) is 0 Å². The molecule has 0 saturated heterocycles. The summed E-state index contributed by atoms with van der Waals surface area (Å²) in [5, 5.41) is 2.42. The van der Waals surface area contributed by atoms with Crippen LogP contribution in [0.5, 0.6) is 0 Å². The maximum atomic E-state index is 13.2. The Bertz CT molecular complexity index is 928. The molecule has 1 fully saturated rings. The zero-order chi connectivity index (χ0) is 22.1. The maximum Gasteiger partial charge on any atom is 0.417 e. The molecule has 10 heteroatoms. The van der Waals surface area contributed by atoms with Crippen molar-refractivity contribution in [2.45, 2.75) is 50.0 Å². The van der Waals surface area contributed by atoms with E-state index in [1.807, 2.05) is 0 Å². The lowest BCUT2D eigenvalue weighted by Gasteiger charge is -2.32. The van der Waals surface area contributed by atoms with Crippen LogP contribution in [0.25, 0.3) is 0 Å². The molecule has 1 saturated carbocycles. The van der Waals surface area contributed by atoms with Crippen molar-refractivity contribution in [3.8, 4) is 0 Å². The number of halogens is 7. The Morgan fingerprint density at radius 1 is 1.03 bits per heavy atom. The highest BCUT2D eigenvalue weighted by atomic mass is 35.5. The predicted octanol–water partition coefficient (Wildman–Crippen LogP) is 6.23. The van der Waals surface area contributed by atoms with Crippen molar-refractivity contribution in [3.05, 3.63) is 63.9 Å². The standard InChI is InChI=1S/C20H17ClF6N2O/c21-15-9-11(19(22,23)24)10-28-17(15)13-6-2-4-8-16(13)29-18(30)12-5-1-3-7-14(12)20(25,26)27/h1,3,5,7,9-10,13,16H,2,4,6,8H2,(H,29,30). The Kier molecular flexibility index (Phi) is 6.31. The molecule has 1 aromatic heterocycles. The number of alkyl halides is 6.